The van der Waals surface area contributed by atoms with E-state index in [1.165, 1.54) is 12.8 Å². The summed E-state index contributed by atoms with van der Waals surface area (Å²) in [5, 5.41) is 8.39. The van der Waals surface area contributed by atoms with Crippen molar-refractivity contribution in [1.29, 1.82) is 0 Å². The zero-order valence-corrected chi connectivity index (χ0v) is 15.3. The van der Waals surface area contributed by atoms with E-state index >= 15 is 0 Å². The van der Waals surface area contributed by atoms with Gasteiger partial charge in [-0.25, -0.2) is 9.61 Å². The molecule has 1 aromatic carbocycles. The number of fused-ring (bicyclic) bond motifs is 1. The van der Waals surface area contributed by atoms with E-state index in [4.69, 9.17) is 9.61 Å². The molecule has 0 amide bonds. The lowest BCUT2D eigenvalue weighted by Crippen LogP contribution is -2.33. The second-order valence-corrected chi connectivity index (χ2v) is 7.63. The maximum atomic E-state index is 13.4. The molecule has 0 bridgehead atoms. The third-order valence-corrected chi connectivity index (χ3v) is 5.96. The number of nitrogens with zero attached hydrogens (tertiary/aromatic N) is 5. The van der Waals surface area contributed by atoms with E-state index in [2.05, 4.69) is 15.2 Å². The van der Waals surface area contributed by atoms with Crippen molar-refractivity contribution in [3.05, 3.63) is 52.3 Å². The Balaban J connectivity index is 1.62. The van der Waals surface area contributed by atoms with E-state index < -0.39 is 0 Å². The van der Waals surface area contributed by atoms with Crippen molar-refractivity contribution >= 4 is 10.9 Å². The average Bonchev–Trinajstić information content (AvgIpc) is 3.45. The summed E-state index contributed by atoms with van der Waals surface area (Å²) in [6, 6.07) is 8.10. The first-order chi connectivity index (χ1) is 13.3. The Morgan fingerprint density at radius 1 is 1.11 bits per heavy atom. The molecule has 1 atom stereocenters. The van der Waals surface area contributed by atoms with Crippen LogP contribution in [0.5, 0.6) is 0 Å². The summed E-state index contributed by atoms with van der Waals surface area (Å²) in [4.78, 5) is 20.7. The maximum Gasteiger partial charge on any atom is 0.261 e. The molecule has 140 valence electrons. The normalized spacial score (nSPS) is 21.4. The van der Waals surface area contributed by atoms with Gasteiger partial charge in [-0.3, -0.25) is 14.3 Å². The highest BCUT2D eigenvalue weighted by atomic mass is 16.6. The highest BCUT2D eigenvalue weighted by Crippen LogP contribution is 2.36. The number of aromatic nitrogens is 4. The lowest BCUT2D eigenvalue weighted by atomic mass is 10.1. The van der Waals surface area contributed by atoms with Crippen LogP contribution in [0.15, 0.2) is 39.9 Å². The maximum absolute atomic E-state index is 13.4. The summed E-state index contributed by atoms with van der Waals surface area (Å²) in [7, 11) is 0. The second-order valence-electron chi connectivity index (χ2n) is 7.63. The van der Waals surface area contributed by atoms with Gasteiger partial charge in [0.2, 0.25) is 0 Å². The van der Waals surface area contributed by atoms with Gasteiger partial charge >= 0.3 is 0 Å². The number of hydrogen-bond acceptors (Lipinski definition) is 6. The molecule has 3 heterocycles. The van der Waals surface area contributed by atoms with Gasteiger partial charge in [0.1, 0.15) is 11.5 Å². The van der Waals surface area contributed by atoms with Crippen LogP contribution in [0.1, 0.15) is 62.1 Å². The fraction of sp³-hybridized carbons (Fsp3) is 0.500. The van der Waals surface area contributed by atoms with E-state index in [9.17, 15) is 4.79 Å². The minimum Gasteiger partial charge on any atom is -0.292 e. The van der Waals surface area contributed by atoms with Crippen LogP contribution in [-0.4, -0.2) is 31.3 Å². The summed E-state index contributed by atoms with van der Waals surface area (Å²) >= 11 is 0. The van der Waals surface area contributed by atoms with Crippen LogP contribution in [0.3, 0.4) is 0 Å². The molecule has 0 spiro atoms. The summed E-state index contributed by atoms with van der Waals surface area (Å²) < 4.78 is 6.76. The van der Waals surface area contributed by atoms with Crippen LogP contribution in [-0.2, 0) is 6.54 Å². The molecule has 0 radical (unpaired) electrons. The summed E-state index contributed by atoms with van der Waals surface area (Å²) in [6.45, 7) is 1.63. The molecule has 1 aliphatic heterocycles. The molecule has 0 N–H and O–H groups in total. The molecule has 2 aromatic heterocycles. The molecule has 27 heavy (non-hydrogen) atoms. The zero-order chi connectivity index (χ0) is 18.2. The smallest absolute Gasteiger partial charge is 0.261 e. The third kappa shape index (κ3) is 2.96. The number of para-hydroxylation sites is 1. The highest BCUT2D eigenvalue weighted by Gasteiger charge is 2.33. The Hall–Kier alpha value is -2.54. The fourth-order valence-electron chi connectivity index (χ4n) is 4.68. The highest BCUT2D eigenvalue weighted by molar-refractivity contribution is 5.77. The van der Waals surface area contributed by atoms with Gasteiger partial charge in [0, 0.05) is 12.6 Å². The molecular weight excluding hydrogens is 342 g/mol. The Morgan fingerprint density at radius 3 is 2.78 bits per heavy atom. The van der Waals surface area contributed by atoms with Crippen molar-refractivity contribution in [2.24, 2.45) is 0 Å². The summed E-state index contributed by atoms with van der Waals surface area (Å²) in [6.07, 6.45) is 8.24. The molecule has 1 unspecified atom stereocenters. The molecule has 3 aromatic rings. The zero-order valence-electron chi connectivity index (χ0n) is 15.3. The van der Waals surface area contributed by atoms with Crippen molar-refractivity contribution in [3.63, 3.8) is 0 Å². The first-order valence-corrected chi connectivity index (χ1v) is 9.83. The van der Waals surface area contributed by atoms with Crippen LogP contribution < -0.4 is 5.56 Å². The minimum atomic E-state index is 0.109. The van der Waals surface area contributed by atoms with Gasteiger partial charge in [-0.1, -0.05) is 35.3 Å². The first kappa shape index (κ1) is 16.6. The van der Waals surface area contributed by atoms with Gasteiger partial charge in [0.25, 0.3) is 5.56 Å². The predicted molar refractivity (Wildman–Crippen MR) is 100 cm³/mol. The number of hydrogen-bond donors (Lipinski definition) is 0. The monoisotopic (exact) mass is 365 g/mol. The molecule has 7 heteroatoms. The van der Waals surface area contributed by atoms with Crippen LogP contribution in [0.4, 0.5) is 0 Å². The van der Waals surface area contributed by atoms with E-state index in [-0.39, 0.29) is 17.6 Å². The van der Waals surface area contributed by atoms with Gasteiger partial charge in [-0.05, 0) is 44.4 Å². The molecule has 7 nitrogen and oxygen atoms in total. The van der Waals surface area contributed by atoms with Gasteiger partial charge in [-0.15, -0.1) is 0 Å². The van der Waals surface area contributed by atoms with Crippen LogP contribution >= 0.6 is 0 Å². The van der Waals surface area contributed by atoms with Crippen LogP contribution in [0.25, 0.3) is 10.9 Å². The van der Waals surface area contributed by atoms with Gasteiger partial charge in [-0.2, -0.15) is 0 Å². The lowest BCUT2D eigenvalue weighted by Gasteiger charge is -2.28. The van der Waals surface area contributed by atoms with Crippen molar-refractivity contribution in [2.45, 2.75) is 57.2 Å². The standard InChI is InChI=1S/C20H23N5O2/c26-20-16-8-3-4-9-17(16)22-19(25(20)15-6-1-2-7-15)18-10-5-11-24(18)13-14-12-21-27-23-14/h3-4,8-9,12,15,18H,1-2,5-7,10-11,13H2. The predicted octanol–water partition coefficient (Wildman–Crippen LogP) is 3.23. The first-order valence-electron chi connectivity index (χ1n) is 9.83. The molecule has 1 saturated carbocycles. The number of rotatable bonds is 4. The average molecular weight is 365 g/mol. The van der Waals surface area contributed by atoms with Crippen molar-refractivity contribution in [2.75, 3.05) is 6.54 Å². The molecule has 1 saturated heterocycles. The Kier molecular flexibility index (Phi) is 4.24. The molecule has 1 aliphatic carbocycles. The second kappa shape index (κ2) is 6.88. The topological polar surface area (TPSA) is 77.1 Å². The van der Waals surface area contributed by atoms with E-state index in [0.29, 0.717) is 6.54 Å². The van der Waals surface area contributed by atoms with E-state index in [1.54, 1.807) is 6.20 Å². The largest absolute Gasteiger partial charge is 0.292 e. The van der Waals surface area contributed by atoms with Crippen LogP contribution in [0, 0.1) is 0 Å². The molecule has 5 rings (SSSR count). The Morgan fingerprint density at radius 2 is 1.96 bits per heavy atom. The SMILES string of the molecule is O=c1c2ccccc2nc(C2CCCN2Cc2cnon2)n1C1CCCC1. The Labute approximate surface area is 157 Å². The van der Waals surface area contributed by atoms with E-state index in [0.717, 1.165) is 54.6 Å². The quantitative estimate of drug-likeness (QED) is 0.706. The van der Waals surface area contributed by atoms with E-state index in [1.807, 2.05) is 28.8 Å². The number of likely N-dealkylation sites (tertiary alicyclic amines) is 1. The molecular formula is C20H23N5O2. The van der Waals surface area contributed by atoms with Gasteiger partial charge in [0.15, 0.2) is 0 Å². The third-order valence-electron chi connectivity index (χ3n) is 5.96. The summed E-state index contributed by atoms with van der Waals surface area (Å²) in [5.41, 5.74) is 1.72. The fourth-order valence-corrected chi connectivity index (χ4v) is 4.68. The molecule has 2 fully saturated rings. The van der Waals surface area contributed by atoms with Crippen molar-refractivity contribution < 1.29 is 4.63 Å². The van der Waals surface area contributed by atoms with Crippen molar-refractivity contribution in [1.82, 2.24) is 24.8 Å². The molecule has 2 aliphatic rings. The number of benzene rings is 1. The lowest BCUT2D eigenvalue weighted by molar-refractivity contribution is 0.219. The summed E-state index contributed by atoms with van der Waals surface area (Å²) in [5.74, 6) is 0.916. The minimum absolute atomic E-state index is 0.109. The Bertz CT molecular complexity index is 991. The van der Waals surface area contributed by atoms with Crippen LogP contribution in [0.2, 0.25) is 0 Å². The van der Waals surface area contributed by atoms with Crippen molar-refractivity contribution in [3.8, 4) is 0 Å². The van der Waals surface area contributed by atoms with Gasteiger partial charge in [0.05, 0.1) is 23.1 Å². The van der Waals surface area contributed by atoms with Gasteiger partial charge < -0.3 is 0 Å².